The fourth-order valence-electron chi connectivity index (χ4n) is 0. The number of hydrogen-bond acceptors (Lipinski definition) is 2. The first-order chi connectivity index (χ1) is 2.56. The Hall–Kier alpha value is -0.620. The third-order valence-electron chi connectivity index (χ3n) is 0.204. The minimum atomic E-state index is -2.65. The van der Waals surface area contributed by atoms with Gasteiger partial charge in [-0.1, -0.05) is 0 Å². The molecule has 0 fully saturated rings. The largest absolute Gasteiger partial charge is 0.351 e. The molecule has 0 spiro atoms. The molecule has 0 heterocycles. The Kier molecular flexibility index (Phi) is 1.10. The molecule has 1 unspecified atom stereocenters. The van der Waals surface area contributed by atoms with E-state index in [1.54, 1.807) is 0 Å². The van der Waals surface area contributed by atoms with Gasteiger partial charge in [0, 0.05) is 6.92 Å². The van der Waals surface area contributed by atoms with E-state index in [9.17, 15) is 4.39 Å². The second-order valence-corrected chi connectivity index (χ2v) is 1.07. The molecular formula is C3H4FNO. The molecule has 2 nitrogen and oxygen atoms in total. The van der Waals surface area contributed by atoms with Gasteiger partial charge in [-0.15, -0.1) is 0 Å². The monoisotopic (exact) mass is 89.0 g/mol. The summed E-state index contributed by atoms with van der Waals surface area (Å²) in [6.45, 7) is 0.771. The van der Waals surface area contributed by atoms with E-state index in [0.29, 0.717) is 0 Å². The van der Waals surface area contributed by atoms with Gasteiger partial charge in [-0.2, -0.15) is 9.65 Å². The Morgan fingerprint density at radius 2 is 2.17 bits per heavy atom. The second kappa shape index (κ2) is 1.23. The first-order valence-corrected chi connectivity index (χ1v) is 1.39. The van der Waals surface area contributed by atoms with Crippen LogP contribution in [0.4, 0.5) is 4.39 Å². The fourth-order valence-corrected chi connectivity index (χ4v) is 0. The number of nitrogens with zero attached hydrogens (tertiary/aromatic N) is 1. The zero-order chi connectivity index (χ0) is 5.21. The highest BCUT2D eigenvalue weighted by atomic mass is 19.2. The molecule has 0 amide bonds. The molecular weight excluding hydrogens is 85.0 g/mol. The van der Waals surface area contributed by atoms with Gasteiger partial charge in [-0.25, -0.2) is 0 Å². The first-order valence-electron chi connectivity index (χ1n) is 1.39. The van der Waals surface area contributed by atoms with Crippen molar-refractivity contribution in [2.45, 2.75) is 12.8 Å². The van der Waals surface area contributed by atoms with Crippen LogP contribution >= 0.6 is 0 Å². The summed E-state index contributed by atoms with van der Waals surface area (Å²) in [5.41, 5.74) is 0. The van der Waals surface area contributed by atoms with Crippen LogP contribution < -0.4 is 0 Å². The molecule has 0 saturated heterocycles. The Bertz CT molecular complexity index is 77.8. The quantitative estimate of drug-likeness (QED) is 0.430. The van der Waals surface area contributed by atoms with Gasteiger partial charge < -0.3 is 5.11 Å². The molecule has 0 aliphatic rings. The smallest absolute Gasteiger partial charge is 0.291 e. The summed E-state index contributed by atoms with van der Waals surface area (Å²) in [4.78, 5) is 0. The minimum Gasteiger partial charge on any atom is -0.351 e. The molecule has 0 bridgehead atoms. The van der Waals surface area contributed by atoms with Gasteiger partial charge in [0.05, 0.1) is 0 Å². The SMILES string of the molecule is CC(O)(F)C#N. The molecule has 0 aliphatic heterocycles. The van der Waals surface area contributed by atoms with Crippen LogP contribution in [0.5, 0.6) is 0 Å². The molecule has 1 N–H and O–H groups in total. The molecule has 0 aromatic carbocycles. The first kappa shape index (κ1) is 5.38. The average Bonchev–Trinajstić information content (AvgIpc) is 1.35. The van der Waals surface area contributed by atoms with Crippen LogP contribution in [0.1, 0.15) is 6.92 Å². The Morgan fingerprint density at radius 3 is 2.17 bits per heavy atom. The van der Waals surface area contributed by atoms with Crippen molar-refractivity contribution in [3.63, 3.8) is 0 Å². The lowest BCUT2D eigenvalue weighted by molar-refractivity contribution is -0.0145. The maximum absolute atomic E-state index is 11.3. The molecule has 0 saturated carbocycles. The van der Waals surface area contributed by atoms with Gasteiger partial charge in [-0.05, 0) is 0 Å². The van der Waals surface area contributed by atoms with E-state index in [1.807, 2.05) is 0 Å². The number of aliphatic hydroxyl groups is 1. The van der Waals surface area contributed by atoms with Crippen LogP contribution in [-0.2, 0) is 0 Å². The van der Waals surface area contributed by atoms with Crippen LogP contribution in [0.3, 0.4) is 0 Å². The number of hydrogen-bond donors (Lipinski definition) is 1. The highest BCUT2D eigenvalue weighted by molar-refractivity contribution is 4.85. The van der Waals surface area contributed by atoms with Crippen molar-refractivity contribution < 1.29 is 9.50 Å². The molecule has 0 rings (SSSR count). The van der Waals surface area contributed by atoms with E-state index in [0.717, 1.165) is 13.0 Å². The number of halogens is 1. The third kappa shape index (κ3) is 3.38. The van der Waals surface area contributed by atoms with Crippen molar-refractivity contribution in [1.29, 1.82) is 5.26 Å². The number of alkyl halides is 1. The maximum Gasteiger partial charge on any atom is 0.291 e. The van der Waals surface area contributed by atoms with Crippen LogP contribution in [0.15, 0.2) is 0 Å². The minimum absolute atomic E-state index is 0.771. The fraction of sp³-hybridized carbons (Fsp3) is 0.667. The Morgan fingerprint density at radius 1 is 2.00 bits per heavy atom. The zero-order valence-electron chi connectivity index (χ0n) is 3.27. The highest BCUT2D eigenvalue weighted by Gasteiger charge is 2.13. The molecule has 3 heteroatoms. The molecule has 1 atom stereocenters. The number of nitriles is 1. The molecule has 0 aliphatic carbocycles. The van der Waals surface area contributed by atoms with E-state index < -0.39 is 5.85 Å². The van der Waals surface area contributed by atoms with E-state index in [1.165, 1.54) is 0 Å². The number of rotatable bonds is 0. The Labute approximate surface area is 34.8 Å². The summed E-state index contributed by atoms with van der Waals surface area (Å²) in [5, 5.41) is 15.3. The van der Waals surface area contributed by atoms with Crippen molar-refractivity contribution >= 4 is 0 Å². The van der Waals surface area contributed by atoms with Crippen molar-refractivity contribution in [3.05, 3.63) is 0 Å². The van der Waals surface area contributed by atoms with Crippen molar-refractivity contribution in [1.82, 2.24) is 0 Å². The normalized spacial score (nSPS) is 18.3. The summed E-state index contributed by atoms with van der Waals surface area (Å²) < 4.78 is 11.3. The highest BCUT2D eigenvalue weighted by Crippen LogP contribution is 1.98. The molecule has 0 aromatic rings. The van der Waals surface area contributed by atoms with E-state index in [4.69, 9.17) is 10.4 Å². The summed E-state index contributed by atoms with van der Waals surface area (Å²) in [7, 11) is 0. The van der Waals surface area contributed by atoms with Crippen LogP contribution in [0, 0.1) is 11.3 Å². The lowest BCUT2D eigenvalue weighted by Crippen LogP contribution is -2.11. The zero-order valence-corrected chi connectivity index (χ0v) is 3.27. The van der Waals surface area contributed by atoms with Gasteiger partial charge in [-0.3, -0.25) is 0 Å². The lowest BCUT2D eigenvalue weighted by atomic mass is 10.4. The van der Waals surface area contributed by atoms with Crippen molar-refractivity contribution in [3.8, 4) is 6.07 Å². The topological polar surface area (TPSA) is 44.0 Å². The Balaban J connectivity index is 3.55. The van der Waals surface area contributed by atoms with Crippen LogP contribution in [0.2, 0.25) is 0 Å². The van der Waals surface area contributed by atoms with Gasteiger partial charge in [0.25, 0.3) is 5.85 Å². The summed E-state index contributed by atoms with van der Waals surface area (Å²) >= 11 is 0. The summed E-state index contributed by atoms with van der Waals surface area (Å²) in [5.74, 6) is -2.65. The van der Waals surface area contributed by atoms with Gasteiger partial charge in [0.1, 0.15) is 6.07 Å². The molecule has 0 aromatic heterocycles. The van der Waals surface area contributed by atoms with Crippen LogP contribution in [0.25, 0.3) is 0 Å². The summed E-state index contributed by atoms with van der Waals surface area (Å²) in [6, 6.07) is 0.993. The third-order valence-corrected chi connectivity index (χ3v) is 0.204. The lowest BCUT2D eigenvalue weighted by Gasteiger charge is -1.95. The van der Waals surface area contributed by atoms with Crippen molar-refractivity contribution in [2.75, 3.05) is 0 Å². The van der Waals surface area contributed by atoms with Gasteiger partial charge in [0.15, 0.2) is 0 Å². The molecule has 6 heavy (non-hydrogen) atoms. The predicted molar refractivity (Wildman–Crippen MR) is 17.3 cm³/mol. The summed E-state index contributed by atoms with van der Waals surface area (Å²) in [6.07, 6.45) is 0. The standard InChI is InChI=1S/C3H4FNO/c1-3(4,6)2-5/h6H,1H3. The van der Waals surface area contributed by atoms with Crippen LogP contribution in [-0.4, -0.2) is 11.0 Å². The molecule has 0 radical (unpaired) electrons. The maximum atomic E-state index is 11.3. The van der Waals surface area contributed by atoms with E-state index >= 15 is 0 Å². The van der Waals surface area contributed by atoms with Gasteiger partial charge in [0.2, 0.25) is 0 Å². The molecule has 34 valence electrons. The second-order valence-electron chi connectivity index (χ2n) is 1.07. The van der Waals surface area contributed by atoms with Gasteiger partial charge >= 0.3 is 0 Å². The van der Waals surface area contributed by atoms with E-state index in [2.05, 4.69) is 0 Å². The predicted octanol–water partition coefficient (Wildman–Crippen LogP) is 0.188. The average molecular weight is 89.1 g/mol. The van der Waals surface area contributed by atoms with Crippen molar-refractivity contribution in [2.24, 2.45) is 0 Å². The van der Waals surface area contributed by atoms with E-state index in [-0.39, 0.29) is 0 Å².